The van der Waals surface area contributed by atoms with E-state index in [9.17, 15) is 9.90 Å². The van der Waals surface area contributed by atoms with Crippen molar-refractivity contribution in [2.45, 2.75) is 33.1 Å². The Labute approximate surface area is 164 Å². The first-order chi connectivity index (χ1) is 13.5. The average Bonchev–Trinajstić information content (AvgIpc) is 2.70. The number of ether oxygens (including phenoxy) is 2. The zero-order valence-corrected chi connectivity index (χ0v) is 16.7. The zero-order chi connectivity index (χ0) is 20.3. The summed E-state index contributed by atoms with van der Waals surface area (Å²) < 4.78 is 10.6. The topological polar surface area (TPSA) is 71.5 Å². The number of nitrogens with zero attached hydrogens (tertiary/aromatic N) is 1. The van der Waals surface area contributed by atoms with Gasteiger partial charge in [0.2, 0.25) is 0 Å². The molecule has 0 atom stereocenters. The summed E-state index contributed by atoms with van der Waals surface area (Å²) in [5.74, 6) is -0.0476. The lowest BCUT2D eigenvalue weighted by atomic mass is 9.97. The first kappa shape index (κ1) is 19.7. The molecule has 3 aromatic rings. The van der Waals surface area contributed by atoms with Crippen molar-refractivity contribution in [1.82, 2.24) is 4.98 Å². The maximum atomic E-state index is 11.9. The Balaban J connectivity index is 2.20. The number of pyridine rings is 1. The summed E-state index contributed by atoms with van der Waals surface area (Å²) in [5.41, 5.74) is 4.19. The number of carbonyl (C=O) groups excluding carboxylic acids is 1. The lowest BCUT2D eigenvalue weighted by Gasteiger charge is -2.15. The molecule has 0 radical (unpaired) electrons. The van der Waals surface area contributed by atoms with Crippen LogP contribution < -0.4 is 14.6 Å². The maximum absolute atomic E-state index is 11.9. The van der Waals surface area contributed by atoms with Crippen molar-refractivity contribution in [2.75, 3.05) is 14.2 Å². The van der Waals surface area contributed by atoms with E-state index in [0.29, 0.717) is 28.1 Å². The van der Waals surface area contributed by atoms with Gasteiger partial charge in [-0.25, -0.2) is 4.98 Å². The first-order valence-corrected chi connectivity index (χ1v) is 9.36. The van der Waals surface area contributed by atoms with Gasteiger partial charge in [-0.2, -0.15) is 0 Å². The van der Waals surface area contributed by atoms with E-state index in [1.807, 2.05) is 19.1 Å². The minimum absolute atomic E-state index is 0.149. The Bertz CT molecular complexity index is 1030. The summed E-state index contributed by atoms with van der Waals surface area (Å²) in [6.07, 6.45) is 3.06. The van der Waals surface area contributed by atoms with Crippen LogP contribution in [-0.4, -0.2) is 25.2 Å². The van der Waals surface area contributed by atoms with Crippen molar-refractivity contribution < 1.29 is 19.4 Å². The highest BCUT2D eigenvalue weighted by Crippen LogP contribution is 2.34. The predicted octanol–water partition coefficient (Wildman–Crippen LogP) is 3.93. The normalized spacial score (nSPS) is 10.9. The van der Waals surface area contributed by atoms with Crippen LogP contribution in [0.5, 0.6) is 11.5 Å². The van der Waals surface area contributed by atoms with Crippen LogP contribution >= 0.6 is 0 Å². The van der Waals surface area contributed by atoms with Crippen LogP contribution in [-0.2, 0) is 6.42 Å². The lowest BCUT2D eigenvalue weighted by molar-refractivity contribution is -0.254. The highest BCUT2D eigenvalue weighted by atomic mass is 16.5. The highest BCUT2D eigenvalue weighted by molar-refractivity contribution is 6.04. The van der Waals surface area contributed by atoms with E-state index in [1.54, 1.807) is 32.4 Å². The molecule has 28 heavy (non-hydrogen) atoms. The SMILES string of the molecule is CCCCc1cc(C)c2nc(-c3ccc(OC)c(OC)c3)cc(C(=O)[O-])c2c1. The van der Waals surface area contributed by atoms with Gasteiger partial charge >= 0.3 is 0 Å². The molecule has 0 bridgehead atoms. The third kappa shape index (κ3) is 3.79. The number of aryl methyl sites for hydroxylation is 2. The van der Waals surface area contributed by atoms with Crippen LogP contribution in [0.3, 0.4) is 0 Å². The molecule has 2 aromatic carbocycles. The van der Waals surface area contributed by atoms with E-state index >= 15 is 0 Å². The van der Waals surface area contributed by atoms with Gasteiger partial charge in [-0.1, -0.05) is 19.4 Å². The molecule has 0 aliphatic carbocycles. The molecule has 0 spiro atoms. The molecule has 5 heteroatoms. The molecular weight excluding hydrogens is 354 g/mol. The fraction of sp³-hybridized carbons (Fsp3) is 0.304. The minimum Gasteiger partial charge on any atom is -0.545 e. The average molecular weight is 378 g/mol. The Hall–Kier alpha value is -3.08. The highest BCUT2D eigenvalue weighted by Gasteiger charge is 2.13. The van der Waals surface area contributed by atoms with E-state index in [4.69, 9.17) is 14.5 Å². The molecule has 0 unspecified atom stereocenters. The number of benzene rings is 2. The summed E-state index contributed by atoms with van der Waals surface area (Å²) in [5, 5.41) is 12.5. The number of unbranched alkanes of at least 4 members (excludes halogenated alkanes) is 1. The van der Waals surface area contributed by atoms with Crippen molar-refractivity contribution in [3.8, 4) is 22.8 Å². The molecule has 0 saturated carbocycles. The van der Waals surface area contributed by atoms with Crippen LogP contribution in [0.15, 0.2) is 36.4 Å². The second kappa shape index (κ2) is 8.30. The van der Waals surface area contributed by atoms with Crippen molar-refractivity contribution in [3.63, 3.8) is 0 Å². The van der Waals surface area contributed by atoms with Gasteiger partial charge in [-0.15, -0.1) is 0 Å². The van der Waals surface area contributed by atoms with Gasteiger partial charge in [-0.05, 0) is 61.2 Å². The lowest BCUT2D eigenvalue weighted by Crippen LogP contribution is -2.23. The van der Waals surface area contributed by atoms with Gasteiger partial charge < -0.3 is 19.4 Å². The second-order valence-electron chi connectivity index (χ2n) is 6.82. The van der Waals surface area contributed by atoms with Gasteiger partial charge in [0.05, 0.1) is 31.4 Å². The Morgan fingerprint density at radius 2 is 1.82 bits per heavy atom. The molecule has 0 fully saturated rings. The number of carboxylic acids is 1. The van der Waals surface area contributed by atoms with E-state index in [2.05, 4.69) is 13.0 Å². The predicted molar refractivity (Wildman–Crippen MR) is 108 cm³/mol. The molecule has 1 heterocycles. The van der Waals surface area contributed by atoms with Crippen molar-refractivity contribution in [1.29, 1.82) is 0 Å². The number of carbonyl (C=O) groups is 1. The van der Waals surface area contributed by atoms with Crippen molar-refractivity contribution in [3.05, 3.63) is 53.1 Å². The summed E-state index contributed by atoms with van der Waals surface area (Å²) in [6, 6.07) is 11.0. The van der Waals surface area contributed by atoms with E-state index < -0.39 is 5.97 Å². The van der Waals surface area contributed by atoms with E-state index in [0.717, 1.165) is 36.0 Å². The fourth-order valence-electron chi connectivity index (χ4n) is 3.41. The number of aromatic carboxylic acids is 1. The maximum Gasteiger partial charge on any atom is 0.161 e. The third-order valence-electron chi connectivity index (χ3n) is 4.88. The van der Waals surface area contributed by atoms with E-state index in [1.165, 1.54) is 0 Å². The Morgan fingerprint density at radius 1 is 1.07 bits per heavy atom. The third-order valence-corrected chi connectivity index (χ3v) is 4.88. The van der Waals surface area contributed by atoms with Crippen LogP contribution in [0.1, 0.15) is 41.3 Å². The molecule has 0 N–H and O–H groups in total. The number of aromatic nitrogens is 1. The largest absolute Gasteiger partial charge is 0.545 e. The number of rotatable bonds is 7. The van der Waals surface area contributed by atoms with Crippen LogP contribution in [0.2, 0.25) is 0 Å². The molecule has 0 saturated heterocycles. The molecule has 0 aliphatic heterocycles. The summed E-state index contributed by atoms with van der Waals surface area (Å²) in [6.45, 7) is 4.10. The van der Waals surface area contributed by atoms with Crippen molar-refractivity contribution in [2.24, 2.45) is 0 Å². The standard InChI is InChI=1S/C23H25NO4/c1-5-6-7-15-10-14(2)22-17(11-15)18(23(25)26)13-19(24-22)16-8-9-20(27-3)21(12-16)28-4/h8-13H,5-7H2,1-4H3,(H,25,26)/p-1. The zero-order valence-electron chi connectivity index (χ0n) is 16.7. The van der Waals surface area contributed by atoms with Crippen molar-refractivity contribution >= 4 is 16.9 Å². The number of hydrogen-bond donors (Lipinski definition) is 0. The molecule has 146 valence electrons. The second-order valence-corrected chi connectivity index (χ2v) is 6.82. The molecule has 3 rings (SSSR count). The molecule has 0 aliphatic rings. The van der Waals surface area contributed by atoms with Crippen LogP contribution in [0, 0.1) is 6.92 Å². The quantitative estimate of drug-likeness (QED) is 0.623. The summed E-state index contributed by atoms with van der Waals surface area (Å²) in [7, 11) is 3.13. The molecular formula is C23H24NO4-. The number of carboxylic acid groups (broad SMARTS) is 1. The smallest absolute Gasteiger partial charge is 0.161 e. The minimum atomic E-state index is -1.21. The van der Waals surface area contributed by atoms with Gasteiger partial charge in [0, 0.05) is 16.5 Å². The van der Waals surface area contributed by atoms with Gasteiger partial charge in [-0.3, -0.25) is 0 Å². The fourth-order valence-corrected chi connectivity index (χ4v) is 3.41. The molecule has 5 nitrogen and oxygen atoms in total. The number of fused-ring (bicyclic) bond motifs is 1. The Morgan fingerprint density at radius 3 is 2.46 bits per heavy atom. The van der Waals surface area contributed by atoms with Crippen LogP contribution in [0.25, 0.3) is 22.2 Å². The van der Waals surface area contributed by atoms with Gasteiger partial charge in [0.25, 0.3) is 0 Å². The summed E-state index contributed by atoms with van der Waals surface area (Å²) >= 11 is 0. The van der Waals surface area contributed by atoms with E-state index in [-0.39, 0.29) is 5.56 Å². The van der Waals surface area contributed by atoms with Crippen LogP contribution in [0.4, 0.5) is 0 Å². The first-order valence-electron chi connectivity index (χ1n) is 9.36. The monoisotopic (exact) mass is 378 g/mol. The van der Waals surface area contributed by atoms with Gasteiger partial charge in [0.1, 0.15) is 0 Å². The molecule has 1 aromatic heterocycles. The Kier molecular flexibility index (Phi) is 5.83. The number of methoxy groups -OCH3 is 2. The summed E-state index contributed by atoms with van der Waals surface area (Å²) in [4.78, 5) is 16.6. The molecule has 0 amide bonds. The number of hydrogen-bond acceptors (Lipinski definition) is 5. The van der Waals surface area contributed by atoms with Gasteiger partial charge in [0.15, 0.2) is 11.5 Å².